The first-order chi connectivity index (χ1) is 8.31. The van der Waals surface area contributed by atoms with Crippen LogP contribution in [0.5, 0.6) is 0 Å². The van der Waals surface area contributed by atoms with Gasteiger partial charge in [0, 0.05) is 18.5 Å². The standard InChI is InChI=1S/C13H22N2O3/c1-9(2)14-13(7-17-8-13)6-10-5-11(18-15-10)12(3,4)16/h5,9,14,16H,6-8H2,1-4H3. The molecule has 1 aromatic rings. The van der Waals surface area contributed by atoms with E-state index in [1.165, 1.54) is 0 Å². The highest BCUT2D eigenvalue weighted by Crippen LogP contribution is 2.26. The van der Waals surface area contributed by atoms with Crippen LogP contribution >= 0.6 is 0 Å². The summed E-state index contributed by atoms with van der Waals surface area (Å²) in [6.45, 7) is 8.99. The summed E-state index contributed by atoms with van der Waals surface area (Å²) in [5, 5.41) is 17.4. The molecule has 0 saturated carbocycles. The lowest BCUT2D eigenvalue weighted by molar-refractivity contribution is -0.0782. The monoisotopic (exact) mass is 254 g/mol. The van der Waals surface area contributed by atoms with Gasteiger partial charge in [0.2, 0.25) is 0 Å². The molecule has 1 aliphatic rings. The molecule has 18 heavy (non-hydrogen) atoms. The summed E-state index contributed by atoms with van der Waals surface area (Å²) in [5.41, 5.74) is -0.175. The van der Waals surface area contributed by atoms with E-state index in [0.717, 1.165) is 12.1 Å². The van der Waals surface area contributed by atoms with Crippen molar-refractivity contribution in [2.75, 3.05) is 13.2 Å². The first kappa shape index (κ1) is 13.5. The van der Waals surface area contributed by atoms with Crippen molar-refractivity contribution in [3.8, 4) is 0 Å². The van der Waals surface area contributed by atoms with Gasteiger partial charge >= 0.3 is 0 Å². The van der Waals surface area contributed by atoms with Gasteiger partial charge < -0.3 is 19.7 Å². The fourth-order valence-electron chi connectivity index (χ4n) is 2.23. The zero-order valence-corrected chi connectivity index (χ0v) is 11.5. The van der Waals surface area contributed by atoms with Crippen LogP contribution in [-0.2, 0) is 16.8 Å². The van der Waals surface area contributed by atoms with Crippen LogP contribution in [0.3, 0.4) is 0 Å². The van der Waals surface area contributed by atoms with Crippen molar-refractivity contribution in [3.63, 3.8) is 0 Å². The van der Waals surface area contributed by atoms with Gasteiger partial charge in [-0.05, 0) is 13.8 Å². The van der Waals surface area contributed by atoms with Crippen molar-refractivity contribution in [1.82, 2.24) is 10.5 Å². The Kier molecular flexibility index (Phi) is 3.49. The van der Waals surface area contributed by atoms with Gasteiger partial charge in [0.25, 0.3) is 0 Å². The smallest absolute Gasteiger partial charge is 0.167 e. The summed E-state index contributed by atoms with van der Waals surface area (Å²) in [5.74, 6) is 0.498. The summed E-state index contributed by atoms with van der Waals surface area (Å²) < 4.78 is 10.5. The summed E-state index contributed by atoms with van der Waals surface area (Å²) in [6.07, 6.45) is 0.755. The quantitative estimate of drug-likeness (QED) is 0.826. The maximum absolute atomic E-state index is 9.84. The van der Waals surface area contributed by atoms with Gasteiger partial charge in [0.1, 0.15) is 5.60 Å². The molecule has 1 aliphatic heterocycles. The lowest BCUT2D eigenvalue weighted by Crippen LogP contribution is -2.63. The average molecular weight is 254 g/mol. The Hall–Kier alpha value is -0.910. The zero-order valence-electron chi connectivity index (χ0n) is 11.5. The highest BCUT2D eigenvalue weighted by Gasteiger charge is 2.40. The molecule has 2 rings (SSSR count). The van der Waals surface area contributed by atoms with Crippen LogP contribution in [0.2, 0.25) is 0 Å². The van der Waals surface area contributed by atoms with Crippen molar-refractivity contribution in [2.45, 2.75) is 51.3 Å². The zero-order chi connectivity index (χ0) is 13.4. The number of aromatic nitrogens is 1. The van der Waals surface area contributed by atoms with E-state index in [9.17, 15) is 5.11 Å². The SMILES string of the molecule is CC(C)NC1(Cc2cc(C(C)(C)O)on2)COC1. The van der Waals surface area contributed by atoms with E-state index in [-0.39, 0.29) is 5.54 Å². The molecule has 1 fully saturated rings. The molecule has 0 bridgehead atoms. The summed E-state index contributed by atoms with van der Waals surface area (Å²) >= 11 is 0. The van der Waals surface area contributed by atoms with Gasteiger partial charge in [-0.15, -0.1) is 0 Å². The molecule has 5 nitrogen and oxygen atoms in total. The van der Waals surface area contributed by atoms with Crippen LogP contribution in [0.15, 0.2) is 10.6 Å². The van der Waals surface area contributed by atoms with Gasteiger partial charge in [-0.1, -0.05) is 19.0 Å². The molecule has 1 saturated heterocycles. The second-order valence-corrected chi connectivity index (χ2v) is 5.99. The first-order valence-electron chi connectivity index (χ1n) is 6.35. The predicted molar refractivity (Wildman–Crippen MR) is 67.3 cm³/mol. The number of nitrogens with zero attached hydrogens (tertiary/aromatic N) is 1. The molecule has 2 heterocycles. The number of hydrogen-bond acceptors (Lipinski definition) is 5. The minimum Gasteiger partial charge on any atom is -0.382 e. The molecule has 0 atom stereocenters. The third-order valence-corrected chi connectivity index (χ3v) is 3.03. The van der Waals surface area contributed by atoms with E-state index >= 15 is 0 Å². The van der Waals surface area contributed by atoms with Crippen LogP contribution in [0.1, 0.15) is 39.1 Å². The molecule has 0 spiro atoms. The van der Waals surface area contributed by atoms with E-state index in [2.05, 4.69) is 24.3 Å². The first-order valence-corrected chi connectivity index (χ1v) is 6.35. The van der Waals surface area contributed by atoms with Crippen molar-refractivity contribution in [2.24, 2.45) is 0 Å². The average Bonchev–Trinajstić information content (AvgIpc) is 2.61. The van der Waals surface area contributed by atoms with Crippen LogP contribution in [-0.4, -0.2) is 35.1 Å². The van der Waals surface area contributed by atoms with E-state index in [1.807, 2.05) is 6.07 Å². The minimum absolute atomic E-state index is 0.0398. The minimum atomic E-state index is -0.986. The van der Waals surface area contributed by atoms with Crippen molar-refractivity contribution in [3.05, 3.63) is 17.5 Å². The lowest BCUT2D eigenvalue weighted by atomic mass is 9.90. The second-order valence-electron chi connectivity index (χ2n) is 5.99. The van der Waals surface area contributed by atoms with Crippen molar-refractivity contribution >= 4 is 0 Å². The molecule has 1 aromatic heterocycles. The molecule has 0 aromatic carbocycles. The third kappa shape index (κ3) is 2.91. The van der Waals surface area contributed by atoms with E-state index < -0.39 is 5.60 Å². The third-order valence-electron chi connectivity index (χ3n) is 3.03. The number of ether oxygens (including phenoxy) is 1. The largest absolute Gasteiger partial charge is 0.382 e. The number of rotatable bonds is 5. The van der Waals surface area contributed by atoms with Gasteiger partial charge in [-0.2, -0.15) is 0 Å². The Morgan fingerprint density at radius 2 is 2.17 bits per heavy atom. The van der Waals surface area contributed by atoms with E-state index in [1.54, 1.807) is 13.8 Å². The Bertz CT molecular complexity index is 403. The number of hydrogen-bond donors (Lipinski definition) is 2. The second kappa shape index (κ2) is 4.64. The van der Waals surface area contributed by atoms with Crippen LogP contribution in [0, 0.1) is 0 Å². The Labute approximate surface area is 107 Å². The summed E-state index contributed by atoms with van der Waals surface area (Å²) in [4.78, 5) is 0. The predicted octanol–water partition coefficient (Wildman–Crippen LogP) is 1.21. The van der Waals surface area contributed by atoms with Crippen LogP contribution in [0.25, 0.3) is 0 Å². The van der Waals surface area contributed by atoms with E-state index in [0.29, 0.717) is 25.0 Å². The molecule has 5 heteroatoms. The molecule has 0 unspecified atom stereocenters. The number of nitrogens with one attached hydrogen (secondary N) is 1. The molecule has 2 N–H and O–H groups in total. The highest BCUT2D eigenvalue weighted by molar-refractivity contribution is 5.15. The maximum Gasteiger partial charge on any atom is 0.167 e. The van der Waals surface area contributed by atoms with Gasteiger partial charge in [-0.3, -0.25) is 0 Å². The molecule has 0 amide bonds. The topological polar surface area (TPSA) is 67.5 Å². The Morgan fingerprint density at radius 3 is 2.56 bits per heavy atom. The summed E-state index contributed by atoms with van der Waals surface area (Å²) in [7, 11) is 0. The number of aliphatic hydroxyl groups is 1. The fourth-order valence-corrected chi connectivity index (χ4v) is 2.23. The molecule has 0 aliphatic carbocycles. The highest BCUT2D eigenvalue weighted by atomic mass is 16.5. The fraction of sp³-hybridized carbons (Fsp3) is 0.769. The Balaban J connectivity index is 2.06. The van der Waals surface area contributed by atoms with E-state index in [4.69, 9.17) is 9.26 Å². The van der Waals surface area contributed by atoms with Crippen LogP contribution in [0.4, 0.5) is 0 Å². The summed E-state index contributed by atoms with van der Waals surface area (Å²) in [6, 6.07) is 2.22. The molecular formula is C13H22N2O3. The Morgan fingerprint density at radius 1 is 1.50 bits per heavy atom. The van der Waals surface area contributed by atoms with Gasteiger partial charge in [0.05, 0.1) is 24.4 Å². The normalized spacial score (nSPS) is 19.0. The lowest BCUT2D eigenvalue weighted by Gasteiger charge is -2.43. The van der Waals surface area contributed by atoms with Gasteiger partial charge in [0.15, 0.2) is 5.76 Å². The molecular weight excluding hydrogens is 232 g/mol. The maximum atomic E-state index is 9.84. The van der Waals surface area contributed by atoms with Crippen LogP contribution < -0.4 is 5.32 Å². The van der Waals surface area contributed by atoms with Crippen molar-refractivity contribution in [1.29, 1.82) is 0 Å². The molecule has 0 radical (unpaired) electrons. The molecule has 102 valence electrons. The van der Waals surface area contributed by atoms with Gasteiger partial charge in [-0.25, -0.2) is 0 Å². The van der Waals surface area contributed by atoms with Crippen molar-refractivity contribution < 1.29 is 14.4 Å².